The van der Waals surface area contributed by atoms with Crippen LogP contribution in [0.3, 0.4) is 0 Å². The number of carbonyl (C=O) groups excluding carboxylic acids is 1. The summed E-state index contributed by atoms with van der Waals surface area (Å²) in [7, 11) is 1.63. The molecule has 3 aromatic rings. The SMILES string of the molecule is COc1ccc(C#CCNC(=O)c2cccc3ccccc23)cc1. The number of methoxy groups -OCH3 is 1. The quantitative estimate of drug-likeness (QED) is 0.750. The minimum atomic E-state index is -0.115. The van der Waals surface area contributed by atoms with Crippen LogP contribution < -0.4 is 10.1 Å². The van der Waals surface area contributed by atoms with Gasteiger partial charge in [0.2, 0.25) is 0 Å². The number of amides is 1. The van der Waals surface area contributed by atoms with Gasteiger partial charge >= 0.3 is 0 Å². The molecule has 3 aromatic carbocycles. The predicted octanol–water partition coefficient (Wildman–Crippen LogP) is 3.63. The number of fused-ring (bicyclic) bond motifs is 1. The molecule has 0 atom stereocenters. The maximum atomic E-state index is 12.4. The van der Waals surface area contributed by atoms with Crippen LogP contribution in [0.5, 0.6) is 5.75 Å². The lowest BCUT2D eigenvalue weighted by atomic mass is 10.0. The highest BCUT2D eigenvalue weighted by molar-refractivity contribution is 6.07. The van der Waals surface area contributed by atoms with E-state index in [9.17, 15) is 4.79 Å². The van der Waals surface area contributed by atoms with Crippen LogP contribution in [0.1, 0.15) is 15.9 Å². The zero-order chi connectivity index (χ0) is 16.8. The van der Waals surface area contributed by atoms with Crippen molar-refractivity contribution >= 4 is 16.7 Å². The van der Waals surface area contributed by atoms with Crippen molar-refractivity contribution in [2.75, 3.05) is 13.7 Å². The molecule has 0 radical (unpaired) electrons. The van der Waals surface area contributed by atoms with Gasteiger partial charge in [-0.15, -0.1) is 0 Å². The van der Waals surface area contributed by atoms with Crippen LogP contribution in [0.4, 0.5) is 0 Å². The van der Waals surface area contributed by atoms with Gasteiger partial charge in [0, 0.05) is 11.1 Å². The Balaban J connectivity index is 1.66. The second-order valence-electron chi connectivity index (χ2n) is 5.24. The molecule has 0 spiro atoms. The molecule has 0 unspecified atom stereocenters. The summed E-state index contributed by atoms with van der Waals surface area (Å²) in [6.45, 7) is 0.300. The van der Waals surface area contributed by atoms with Crippen molar-refractivity contribution in [2.24, 2.45) is 0 Å². The number of benzene rings is 3. The molecule has 3 heteroatoms. The third-order valence-corrected chi connectivity index (χ3v) is 3.69. The third kappa shape index (κ3) is 3.56. The Morgan fingerprint density at radius 2 is 1.75 bits per heavy atom. The fourth-order valence-corrected chi connectivity index (χ4v) is 2.46. The van der Waals surface area contributed by atoms with Crippen molar-refractivity contribution in [1.29, 1.82) is 0 Å². The molecule has 118 valence electrons. The average Bonchev–Trinajstić information content (AvgIpc) is 2.65. The summed E-state index contributed by atoms with van der Waals surface area (Å²) in [6, 6.07) is 21.0. The van der Waals surface area contributed by atoms with Gasteiger partial charge in [0.15, 0.2) is 0 Å². The van der Waals surface area contributed by atoms with Gasteiger partial charge in [0.25, 0.3) is 5.91 Å². The molecule has 1 amide bonds. The van der Waals surface area contributed by atoms with E-state index < -0.39 is 0 Å². The van der Waals surface area contributed by atoms with Crippen molar-refractivity contribution < 1.29 is 9.53 Å². The lowest BCUT2D eigenvalue weighted by Crippen LogP contribution is -2.23. The highest BCUT2D eigenvalue weighted by Gasteiger charge is 2.07. The average molecular weight is 315 g/mol. The Morgan fingerprint density at radius 3 is 2.54 bits per heavy atom. The maximum absolute atomic E-state index is 12.4. The molecule has 0 saturated heterocycles. The van der Waals surface area contributed by atoms with Crippen LogP contribution in [-0.4, -0.2) is 19.6 Å². The standard InChI is InChI=1S/C21H17NO2/c1-24-18-13-11-16(12-14-18)6-5-15-22-21(23)20-10-4-8-17-7-2-3-9-19(17)20/h2-4,7-14H,15H2,1H3,(H,22,23). The van der Waals surface area contributed by atoms with Crippen molar-refractivity contribution in [1.82, 2.24) is 5.32 Å². The minimum absolute atomic E-state index is 0.115. The number of ether oxygens (including phenoxy) is 1. The van der Waals surface area contributed by atoms with Crippen LogP contribution in [0.25, 0.3) is 10.8 Å². The molecule has 0 aliphatic rings. The van der Waals surface area contributed by atoms with Crippen molar-refractivity contribution in [2.45, 2.75) is 0 Å². The smallest absolute Gasteiger partial charge is 0.252 e. The van der Waals surface area contributed by atoms with Gasteiger partial charge in [-0.1, -0.05) is 48.2 Å². The van der Waals surface area contributed by atoms with Gasteiger partial charge in [-0.2, -0.15) is 0 Å². The predicted molar refractivity (Wildman–Crippen MR) is 96.2 cm³/mol. The Hall–Kier alpha value is -3.25. The molecule has 1 N–H and O–H groups in total. The Kier molecular flexibility index (Phi) is 4.78. The molecule has 3 nitrogen and oxygen atoms in total. The topological polar surface area (TPSA) is 38.3 Å². The fraction of sp³-hybridized carbons (Fsp3) is 0.0952. The molecule has 0 bridgehead atoms. The first kappa shape index (κ1) is 15.6. The summed E-state index contributed by atoms with van der Waals surface area (Å²) < 4.78 is 5.11. The lowest BCUT2D eigenvalue weighted by Gasteiger charge is -2.05. The lowest BCUT2D eigenvalue weighted by molar-refractivity contribution is 0.0960. The van der Waals surface area contributed by atoms with Crippen molar-refractivity contribution in [3.8, 4) is 17.6 Å². The van der Waals surface area contributed by atoms with E-state index in [0.29, 0.717) is 12.1 Å². The van der Waals surface area contributed by atoms with Gasteiger partial charge in [-0.05, 0) is 41.1 Å². The van der Waals surface area contributed by atoms with Gasteiger partial charge < -0.3 is 10.1 Å². The number of hydrogen-bond acceptors (Lipinski definition) is 2. The highest BCUT2D eigenvalue weighted by atomic mass is 16.5. The summed E-state index contributed by atoms with van der Waals surface area (Å²) in [5.41, 5.74) is 1.55. The van der Waals surface area contributed by atoms with E-state index >= 15 is 0 Å². The first-order valence-electron chi connectivity index (χ1n) is 7.67. The van der Waals surface area contributed by atoms with E-state index in [2.05, 4.69) is 17.2 Å². The Bertz CT molecular complexity index is 912. The highest BCUT2D eigenvalue weighted by Crippen LogP contribution is 2.18. The van der Waals surface area contributed by atoms with E-state index in [1.807, 2.05) is 66.7 Å². The first-order chi connectivity index (χ1) is 11.8. The molecule has 0 aliphatic heterocycles. The second kappa shape index (κ2) is 7.34. The number of hydrogen-bond donors (Lipinski definition) is 1. The number of nitrogens with one attached hydrogen (secondary N) is 1. The van der Waals surface area contributed by atoms with Crippen LogP contribution in [0.15, 0.2) is 66.7 Å². The largest absolute Gasteiger partial charge is 0.497 e. The van der Waals surface area contributed by atoms with Gasteiger partial charge in [0.1, 0.15) is 5.75 Å². The van der Waals surface area contributed by atoms with E-state index in [-0.39, 0.29) is 5.91 Å². The van der Waals surface area contributed by atoms with Gasteiger partial charge in [-0.3, -0.25) is 4.79 Å². The summed E-state index contributed by atoms with van der Waals surface area (Å²) in [4.78, 5) is 12.4. The normalized spacial score (nSPS) is 9.88. The zero-order valence-electron chi connectivity index (χ0n) is 13.4. The monoisotopic (exact) mass is 315 g/mol. The van der Waals surface area contributed by atoms with E-state index in [0.717, 1.165) is 22.1 Å². The van der Waals surface area contributed by atoms with E-state index in [1.54, 1.807) is 7.11 Å². The molecule has 0 aliphatic carbocycles. The van der Waals surface area contributed by atoms with Gasteiger partial charge in [-0.25, -0.2) is 0 Å². The fourth-order valence-electron chi connectivity index (χ4n) is 2.46. The summed E-state index contributed by atoms with van der Waals surface area (Å²) in [6.07, 6.45) is 0. The number of rotatable bonds is 3. The van der Waals surface area contributed by atoms with Crippen LogP contribution in [0.2, 0.25) is 0 Å². The zero-order valence-corrected chi connectivity index (χ0v) is 13.4. The molecular weight excluding hydrogens is 298 g/mol. The molecule has 0 fully saturated rings. The van der Waals surface area contributed by atoms with Crippen molar-refractivity contribution in [3.05, 3.63) is 77.9 Å². The Morgan fingerprint density at radius 1 is 1.00 bits per heavy atom. The van der Waals surface area contributed by atoms with Crippen LogP contribution in [-0.2, 0) is 0 Å². The van der Waals surface area contributed by atoms with Gasteiger partial charge in [0.05, 0.1) is 13.7 Å². The van der Waals surface area contributed by atoms with Crippen LogP contribution in [0, 0.1) is 11.8 Å². The van der Waals surface area contributed by atoms with Crippen molar-refractivity contribution in [3.63, 3.8) is 0 Å². The summed E-state index contributed by atoms with van der Waals surface area (Å²) >= 11 is 0. The Labute approximate surface area is 141 Å². The molecule has 0 heterocycles. The number of carbonyl (C=O) groups is 1. The third-order valence-electron chi connectivity index (χ3n) is 3.69. The molecule has 0 aromatic heterocycles. The maximum Gasteiger partial charge on any atom is 0.252 e. The molecule has 3 rings (SSSR count). The molecule has 0 saturated carbocycles. The van der Waals surface area contributed by atoms with Crippen LogP contribution >= 0.6 is 0 Å². The second-order valence-corrected chi connectivity index (χ2v) is 5.24. The summed E-state index contributed by atoms with van der Waals surface area (Å²) in [5.74, 6) is 6.67. The van der Waals surface area contributed by atoms with E-state index in [4.69, 9.17) is 4.74 Å². The molecular formula is C21H17NO2. The first-order valence-corrected chi connectivity index (χ1v) is 7.67. The summed E-state index contributed by atoms with van der Waals surface area (Å²) in [5, 5.41) is 4.84. The minimum Gasteiger partial charge on any atom is -0.497 e. The molecule has 24 heavy (non-hydrogen) atoms. The van der Waals surface area contributed by atoms with E-state index in [1.165, 1.54) is 0 Å².